The van der Waals surface area contributed by atoms with Gasteiger partial charge in [0.2, 0.25) is 5.95 Å². The maximum absolute atomic E-state index is 13.0. The summed E-state index contributed by atoms with van der Waals surface area (Å²) in [7, 11) is 0. The van der Waals surface area contributed by atoms with Gasteiger partial charge in [0.15, 0.2) is 5.65 Å². The number of nitrogen functional groups attached to an aromatic ring is 1. The van der Waals surface area contributed by atoms with Crippen molar-refractivity contribution >= 4 is 11.6 Å². The number of rotatable bonds is 6. The fraction of sp³-hybridized carbons (Fsp3) is 0.240. The Morgan fingerprint density at radius 3 is 2.38 bits per heavy atom. The highest BCUT2D eigenvalue weighted by molar-refractivity contribution is 5.74. The first-order valence-corrected chi connectivity index (χ1v) is 11.8. The molecule has 0 aliphatic heterocycles. The Kier molecular flexibility index (Phi) is 6.59. The summed E-state index contributed by atoms with van der Waals surface area (Å²) >= 11 is 0. The standard InChI is InChI=1S/C25H20F6N8O/c1-2-18(14-3-5-20(33-9-14)25(29,30)31)38-12-17(10-34-38)16-7-19(39-21(8-16)35-23(32)36-39)15-4-6-22(40)37(11-15)13-24(26,27)28/h3-12,18H,2,13H2,1H3,(H2,32,36). The Hall–Kier alpha value is -4.69. The zero-order valence-corrected chi connectivity index (χ0v) is 20.6. The molecule has 0 aromatic carbocycles. The van der Waals surface area contributed by atoms with Gasteiger partial charge in [-0.2, -0.15) is 36.4 Å². The summed E-state index contributed by atoms with van der Waals surface area (Å²) in [6.07, 6.45) is -3.19. The van der Waals surface area contributed by atoms with Crippen LogP contribution in [0, 0.1) is 0 Å². The lowest BCUT2D eigenvalue weighted by molar-refractivity contribution is -0.142. The van der Waals surface area contributed by atoms with E-state index in [1.54, 1.807) is 29.2 Å². The molecule has 5 rings (SSSR count). The summed E-state index contributed by atoms with van der Waals surface area (Å²) in [5.74, 6) is -0.0708. The molecule has 208 valence electrons. The lowest BCUT2D eigenvalue weighted by atomic mass is 10.1. The third kappa shape index (κ3) is 5.39. The number of hydrogen-bond acceptors (Lipinski definition) is 6. The Morgan fingerprint density at radius 2 is 1.73 bits per heavy atom. The van der Waals surface area contributed by atoms with Gasteiger partial charge in [0, 0.05) is 35.8 Å². The number of pyridine rings is 3. The van der Waals surface area contributed by atoms with Crippen molar-refractivity contribution in [3.8, 4) is 22.4 Å². The van der Waals surface area contributed by atoms with E-state index in [-0.39, 0.29) is 11.5 Å². The van der Waals surface area contributed by atoms with Crippen molar-refractivity contribution in [3.63, 3.8) is 0 Å². The van der Waals surface area contributed by atoms with E-state index in [1.807, 2.05) is 6.92 Å². The van der Waals surface area contributed by atoms with Crippen molar-refractivity contribution in [1.82, 2.24) is 33.9 Å². The molecule has 1 atom stereocenters. The van der Waals surface area contributed by atoms with Gasteiger partial charge >= 0.3 is 12.4 Å². The molecule has 0 spiro atoms. The van der Waals surface area contributed by atoms with Crippen molar-refractivity contribution in [2.75, 3.05) is 5.73 Å². The molecule has 0 aliphatic rings. The van der Waals surface area contributed by atoms with Crippen molar-refractivity contribution < 1.29 is 26.3 Å². The van der Waals surface area contributed by atoms with Crippen LogP contribution < -0.4 is 11.3 Å². The molecule has 0 saturated heterocycles. The number of anilines is 1. The largest absolute Gasteiger partial charge is 0.433 e. The molecule has 0 fully saturated rings. The van der Waals surface area contributed by atoms with Crippen LogP contribution in [0.2, 0.25) is 0 Å². The van der Waals surface area contributed by atoms with E-state index in [0.717, 1.165) is 24.5 Å². The van der Waals surface area contributed by atoms with Crippen LogP contribution in [0.4, 0.5) is 32.3 Å². The number of halogens is 6. The van der Waals surface area contributed by atoms with E-state index in [2.05, 4.69) is 20.2 Å². The number of hydrogen-bond donors (Lipinski definition) is 1. The summed E-state index contributed by atoms with van der Waals surface area (Å²) < 4.78 is 81.4. The van der Waals surface area contributed by atoms with E-state index in [4.69, 9.17) is 5.73 Å². The van der Waals surface area contributed by atoms with Crippen LogP contribution >= 0.6 is 0 Å². The number of fused-ring (bicyclic) bond motifs is 1. The minimum Gasteiger partial charge on any atom is -0.366 e. The second-order valence-electron chi connectivity index (χ2n) is 8.98. The lowest BCUT2D eigenvalue weighted by Crippen LogP contribution is -2.27. The smallest absolute Gasteiger partial charge is 0.366 e. The molecule has 40 heavy (non-hydrogen) atoms. The normalized spacial score (nSPS) is 13.2. The van der Waals surface area contributed by atoms with Gasteiger partial charge in [-0.25, -0.2) is 4.52 Å². The molecule has 5 aromatic rings. The van der Waals surface area contributed by atoms with Crippen LogP contribution in [0.3, 0.4) is 0 Å². The van der Waals surface area contributed by atoms with Crippen molar-refractivity contribution in [2.24, 2.45) is 0 Å². The molecule has 9 nitrogen and oxygen atoms in total. The quantitative estimate of drug-likeness (QED) is 0.293. The van der Waals surface area contributed by atoms with Gasteiger partial charge in [0.05, 0.1) is 17.9 Å². The molecular formula is C25H20F6N8O. The number of aromatic nitrogens is 7. The van der Waals surface area contributed by atoms with E-state index >= 15 is 0 Å². The molecule has 0 radical (unpaired) electrons. The third-order valence-corrected chi connectivity index (χ3v) is 6.18. The minimum absolute atomic E-state index is 0.0708. The molecule has 5 aromatic heterocycles. The highest BCUT2D eigenvalue weighted by Crippen LogP contribution is 2.32. The molecule has 0 saturated carbocycles. The molecule has 0 bridgehead atoms. The van der Waals surface area contributed by atoms with Gasteiger partial charge in [-0.15, -0.1) is 5.10 Å². The van der Waals surface area contributed by atoms with E-state index < -0.39 is 36.2 Å². The Balaban J connectivity index is 1.55. The molecular weight excluding hydrogens is 542 g/mol. The molecule has 5 heterocycles. The Labute approximate surface area is 221 Å². The molecule has 1 unspecified atom stereocenters. The first-order valence-electron chi connectivity index (χ1n) is 11.8. The first-order chi connectivity index (χ1) is 18.8. The summed E-state index contributed by atoms with van der Waals surface area (Å²) in [6, 6.07) is 7.55. The van der Waals surface area contributed by atoms with Crippen molar-refractivity contribution in [2.45, 2.75) is 38.3 Å². The average Bonchev–Trinajstić information content (AvgIpc) is 3.50. The number of alkyl halides is 6. The van der Waals surface area contributed by atoms with Crippen molar-refractivity contribution in [1.29, 1.82) is 0 Å². The van der Waals surface area contributed by atoms with Gasteiger partial charge < -0.3 is 10.3 Å². The summed E-state index contributed by atoms with van der Waals surface area (Å²) in [4.78, 5) is 19.8. The molecule has 0 aliphatic carbocycles. The highest BCUT2D eigenvalue weighted by atomic mass is 19.4. The summed E-state index contributed by atoms with van der Waals surface area (Å²) in [5.41, 5.74) is 6.52. The average molecular weight is 562 g/mol. The predicted octanol–water partition coefficient (Wildman–Crippen LogP) is 4.98. The van der Waals surface area contributed by atoms with Crippen LogP contribution in [0.1, 0.15) is 30.6 Å². The van der Waals surface area contributed by atoms with Gasteiger partial charge in [0.1, 0.15) is 12.2 Å². The lowest BCUT2D eigenvalue weighted by Gasteiger charge is -2.16. The SMILES string of the molecule is CCC(c1ccc(C(F)(F)F)nc1)n1cc(-c2cc(-c3ccc(=O)n(CC(F)(F)F)c3)n3nc(N)nc3c2)cn1. The second kappa shape index (κ2) is 9.81. The molecule has 0 amide bonds. The zero-order chi connectivity index (χ0) is 28.8. The Morgan fingerprint density at radius 1 is 0.950 bits per heavy atom. The maximum atomic E-state index is 13.0. The fourth-order valence-electron chi connectivity index (χ4n) is 4.38. The maximum Gasteiger partial charge on any atom is 0.433 e. The summed E-state index contributed by atoms with van der Waals surface area (Å²) in [6.45, 7) is 0.384. The minimum atomic E-state index is -4.61. The van der Waals surface area contributed by atoms with Gasteiger partial charge in [-0.05, 0) is 41.8 Å². The van der Waals surface area contributed by atoms with Crippen LogP contribution in [0.15, 0.2) is 66.0 Å². The molecule has 2 N–H and O–H groups in total. The van der Waals surface area contributed by atoms with E-state index in [1.165, 1.54) is 16.6 Å². The fourth-order valence-corrected chi connectivity index (χ4v) is 4.38. The monoisotopic (exact) mass is 562 g/mol. The first kappa shape index (κ1) is 26.9. The zero-order valence-electron chi connectivity index (χ0n) is 20.6. The third-order valence-electron chi connectivity index (χ3n) is 6.18. The second-order valence-corrected chi connectivity index (χ2v) is 8.98. The number of nitrogens with two attached hydrogens (primary N) is 1. The van der Waals surface area contributed by atoms with E-state index in [9.17, 15) is 31.1 Å². The number of nitrogens with zero attached hydrogens (tertiary/aromatic N) is 7. The topological polar surface area (TPSA) is 109 Å². The highest BCUT2D eigenvalue weighted by Gasteiger charge is 2.32. The van der Waals surface area contributed by atoms with Gasteiger partial charge in [-0.1, -0.05) is 13.0 Å². The Bertz CT molecular complexity index is 1730. The van der Waals surface area contributed by atoms with Crippen LogP contribution in [0.25, 0.3) is 28.0 Å². The van der Waals surface area contributed by atoms with Gasteiger partial charge in [0.25, 0.3) is 5.56 Å². The van der Waals surface area contributed by atoms with Crippen LogP contribution in [0.5, 0.6) is 0 Å². The van der Waals surface area contributed by atoms with Crippen molar-refractivity contribution in [3.05, 3.63) is 82.8 Å². The predicted molar refractivity (Wildman–Crippen MR) is 132 cm³/mol. The summed E-state index contributed by atoms with van der Waals surface area (Å²) in [5, 5.41) is 8.52. The molecule has 15 heteroatoms. The van der Waals surface area contributed by atoms with E-state index in [0.29, 0.717) is 39.0 Å². The van der Waals surface area contributed by atoms with Crippen LogP contribution in [-0.4, -0.2) is 40.1 Å². The van der Waals surface area contributed by atoms with Crippen LogP contribution in [-0.2, 0) is 12.7 Å². The van der Waals surface area contributed by atoms with Gasteiger partial charge in [-0.3, -0.25) is 14.5 Å².